The first kappa shape index (κ1) is 20.9. The number of carbonyl (C=O) groups excluding carboxylic acids is 2. The number of carbonyl (C=O) groups is 2. The molecule has 0 atom stereocenters. The van der Waals surface area contributed by atoms with Crippen molar-refractivity contribution in [1.29, 1.82) is 0 Å². The first-order valence-corrected chi connectivity index (χ1v) is 10.6. The lowest BCUT2D eigenvalue weighted by atomic mass is 10.1. The fourth-order valence-corrected chi connectivity index (χ4v) is 4.43. The molecule has 3 aromatic rings. The van der Waals surface area contributed by atoms with Gasteiger partial charge in [-0.25, -0.2) is 4.39 Å². The summed E-state index contributed by atoms with van der Waals surface area (Å²) in [4.78, 5) is 28.6. The predicted molar refractivity (Wildman–Crippen MR) is 122 cm³/mol. The topological polar surface area (TPSA) is 49.4 Å². The van der Waals surface area contributed by atoms with Crippen molar-refractivity contribution < 1.29 is 14.0 Å². The monoisotopic (exact) mass is 432 g/mol. The van der Waals surface area contributed by atoms with E-state index in [1.165, 1.54) is 23.9 Å². The molecule has 0 saturated heterocycles. The van der Waals surface area contributed by atoms with E-state index in [2.05, 4.69) is 5.32 Å². The van der Waals surface area contributed by atoms with Gasteiger partial charge < -0.3 is 10.2 Å². The van der Waals surface area contributed by atoms with Crippen LogP contribution in [0.25, 0.3) is 6.08 Å². The third-order valence-electron chi connectivity index (χ3n) is 5.02. The van der Waals surface area contributed by atoms with Gasteiger partial charge in [-0.15, -0.1) is 0 Å². The van der Waals surface area contributed by atoms with Crippen molar-refractivity contribution in [2.24, 2.45) is 0 Å². The van der Waals surface area contributed by atoms with Crippen LogP contribution in [-0.2, 0) is 11.3 Å². The highest BCUT2D eigenvalue weighted by Gasteiger charge is 2.27. The molecule has 4 rings (SSSR count). The Labute approximate surface area is 184 Å². The number of nitrogens with one attached hydrogen (secondary N) is 1. The van der Waals surface area contributed by atoms with Crippen LogP contribution < -0.4 is 10.2 Å². The third-order valence-corrected chi connectivity index (χ3v) is 6.10. The molecule has 1 N–H and O–H groups in total. The molecule has 1 aliphatic rings. The number of anilines is 1. The Balaban J connectivity index is 1.53. The van der Waals surface area contributed by atoms with Gasteiger partial charge in [-0.3, -0.25) is 9.59 Å². The van der Waals surface area contributed by atoms with Crippen LogP contribution in [0.1, 0.15) is 27.0 Å². The highest BCUT2D eigenvalue weighted by atomic mass is 32.2. The smallest absolute Gasteiger partial charge is 0.264 e. The van der Waals surface area contributed by atoms with E-state index < -0.39 is 0 Å². The van der Waals surface area contributed by atoms with Gasteiger partial charge in [0.1, 0.15) is 5.82 Å². The van der Waals surface area contributed by atoms with Crippen molar-refractivity contribution in [1.82, 2.24) is 5.32 Å². The Morgan fingerprint density at radius 1 is 1.10 bits per heavy atom. The first-order chi connectivity index (χ1) is 14.9. The second kappa shape index (κ2) is 8.78. The van der Waals surface area contributed by atoms with Gasteiger partial charge in [0.05, 0.1) is 10.6 Å². The molecular formula is C25H21FN2O2S. The Hall–Kier alpha value is -3.38. The van der Waals surface area contributed by atoms with E-state index in [4.69, 9.17) is 0 Å². The highest BCUT2D eigenvalue weighted by Crippen LogP contribution is 2.42. The van der Waals surface area contributed by atoms with Crippen LogP contribution in [0.4, 0.5) is 10.1 Å². The van der Waals surface area contributed by atoms with Crippen molar-refractivity contribution in [2.75, 3.05) is 11.9 Å². The molecule has 0 fully saturated rings. The number of hydrogen-bond acceptors (Lipinski definition) is 3. The number of thioether (sulfide) groups is 1. The molecule has 1 heterocycles. The summed E-state index contributed by atoms with van der Waals surface area (Å²) in [5.41, 5.74) is 4.08. The molecule has 1 aliphatic heterocycles. The van der Waals surface area contributed by atoms with E-state index >= 15 is 0 Å². The minimum absolute atomic E-state index is 0.108. The lowest BCUT2D eigenvalue weighted by Crippen LogP contribution is -2.31. The van der Waals surface area contributed by atoms with E-state index in [-0.39, 0.29) is 17.6 Å². The fraction of sp³-hybridized carbons (Fsp3) is 0.120. The second-order valence-corrected chi connectivity index (χ2v) is 8.46. The molecule has 4 nitrogen and oxygen atoms in total. The number of likely N-dealkylation sites (N-methyl/N-ethyl adjacent to an activating group) is 1. The molecule has 0 aliphatic carbocycles. The summed E-state index contributed by atoms with van der Waals surface area (Å²) in [6.45, 7) is 2.31. The Morgan fingerprint density at radius 3 is 2.61 bits per heavy atom. The second-order valence-electron chi connectivity index (χ2n) is 7.38. The molecule has 3 aromatic carbocycles. The van der Waals surface area contributed by atoms with E-state index in [0.717, 1.165) is 21.6 Å². The zero-order valence-electron chi connectivity index (χ0n) is 17.2. The molecule has 2 amide bonds. The predicted octanol–water partition coefficient (Wildman–Crippen LogP) is 5.17. The summed E-state index contributed by atoms with van der Waals surface area (Å²) in [6, 6.07) is 19.3. The van der Waals surface area contributed by atoms with Gasteiger partial charge in [0.25, 0.3) is 11.8 Å². The van der Waals surface area contributed by atoms with Gasteiger partial charge in [-0.2, -0.15) is 0 Å². The van der Waals surface area contributed by atoms with E-state index in [0.29, 0.717) is 22.7 Å². The number of amides is 2. The average molecular weight is 433 g/mol. The van der Waals surface area contributed by atoms with Gasteiger partial charge in [0, 0.05) is 24.1 Å². The maximum Gasteiger partial charge on any atom is 0.264 e. The summed E-state index contributed by atoms with van der Waals surface area (Å²) >= 11 is 1.40. The van der Waals surface area contributed by atoms with Crippen LogP contribution in [0.3, 0.4) is 0 Å². The largest absolute Gasteiger partial charge is 0.348 e. The number of halogens is 1. The first-order valence-electron chi connectivity index (χ1n) is 9.82. The van der Waals surface area contributed by atoms with E-state index in [1.807, 2.05) is 43.3 Å². The number of fused-ring (bicyclic) bond motifs is 1. The number of benzene rings is 3. The maximum absolute atomic E-state index is 13.0. The summed E-state index contributed by atoms with van der Waals surface area (Å²) < 4.78 is 13.0. The summed E-state index contributed by atoms with van der Waals surface area (Å²) in [7, 11) is 1.71. The van der Waals surface area contributed by atoms with Crippen LogP contribution in [-0.4, -0.2) is 18.9 Å². The minimum Gasteiger partial charge on any atom is -0.348 e. The van der Waals surface area contributed by atoms with Crippen LogP contribution in [0.2, 0.25) is 0 Å². The van der Waals surface area contributed by atoms with Crippen molar-refractivity contribution in [2.45, 2.75) is 18.4 Å². The number of nitrogens with zero attached hydrogens (tertiary/aromatic N) is 1. The lowest BCUT2D eigenvalue weighted by Gasteiger charge is -2.27. The standard InChI is InChI=1S/C25H21FN2O2S/c1-16-4-3-5-18(12-16)13-23-25(30)28(2)21-14-19(8-11-22(21)31-23)24(29)27-15-17-6-9-20(26)10-7-17/h3-14H,15H2,1-2H3,(H,27,29)/b23-13-. The third kappa shape index (κ3) is 4.70. The SMILES string of the molecule is Cc1cccc(/C=C2\Sc3ccc(C(=O)NCc4ccc(F)cc4)cc3N(C)C2=O)c1. The van der Waals surface area contributed by atoms with E-state index in [9.17, 15) is 14.0 Å². The summed E-state index contributed by atoms with van der Waals surface area (Å²) in [6.07, 6.45) is 1.89. The van der Waals surface area contributed by atoms with Crippen molar-refractivity contribution in [3.63, 3.8) is 0 Å². The van der Waals surface area contributed by atoms with E-state index in [1.54, 1.807) is 36.2 Å². The maximum atomic E-state index is 13.0. The molecule has 0 spiro atoms. The van der Waals surface area contributed by atoms with Gasteiger partial charge in [0.15, 0.2) is 0 Å². The van der Waals surface area contributed by atoms with Gasteiger partial charge in [0.2, 0.25) is 0 Å². The Kier molecular flexibility index (Phi) is 5.91. The summed E-state index contributed by atoms with van der Waals surface area (Å²) in [5.74, 6) is -0.673. The van der Waals surface area contributed by atoms with Crippen molar-refractivity contribution in [3.8, 4) is 0 Å². The zero-order valence-corrected chi connectivity index (χ0v) is 18.0. The normalized spacial score (nSPS) is 14.5. The van der Waals surface area contributed by atoms with Crippen LogP contribution in [0.5, 0.6) is 0 Å². The number of aryl methyl sites for hydroxylation is 1. The molecule has 6 heteroatoms. The highest BCUT2D eigenvalue weighted by molar-refractivity contribution is 8.04. The Morgan fingerprint density at radius 2 is 1.87 bits per heavy atom. The van der Waals surface area contributed by atoms with Gasteiger partial charge in [-0.1, -0.05) is 53.7 Å². The fourth-order valence-electron chi connectivity index (χ4n) is 3.33. The van der Waals surface area contributed by atoms with Crippen molar-refractivity contribution >= 4 is 35.3 Å². The molecule has 0 bridgehead atoms. The van der Waals surface area contributed by atoms with Gasteiger partial charge >= 0.3 is 0 Å². The Bertz CT molecular complexity index is 1190. The van der Waals surface area contributed by atoms with Crippen LogP contribution in [0, 0.1) is 12.7 Å². The van der Waals surface area contributed by atoms with Gasteiger partial charge in [-0.05, 0) is 54.5 Å². The van der Waals surface area contributed by atoms with Crippen LogP contribution >= 0.6 is 11.8 Å². The van der Waals surface area contributed by atoms with Crippen molar-refractivity contribution in [3.05, 3.63) is 99.7 Å². The summed E-state index contributed by atoms with van der Waals surface area (Å²) in [5, 5.41) is 2.83. The number of rotatable bonds is 4. The quantitative estimate of drug-likeness (QED) is 0.579. The molecule has 156 valence electrons. The molecule has 0 radical (unpaired) electrons. The molecule has 31 heavy (non-hydrogen) atoms. The zero-order chi connectivity index (χ0) is 22.0. The lowest BCUT2D eigenvalue weighted by molar-refractivity contribution is -0.114. The molecule has 0 saturated carbocycles. The molecule has 0 unspecified atom stereocenters. The van der Waals surface area contributed by atoms with Crippen LogP contribution in [0.15, 0.2) is 76.5 Å². The molecular weight excluding hydrogens is 411 g/mol. The minimum atomic E-state index is -0.314. The molecule has 0 aromatic heterocycles. The average Bonchev–Trinajstić information content (AvgIpc) is 2.76. The number of hydrogen-bond donors (Lipinski definition) is 1.